The second-order valence-electron chi connectivity index (χ2n) is 4.14. The summed E-state index contributed by atoms with van der Waals surface area (Å²) in [6, 6.07) is 12.6. The molecule has 6 heteroatoms. The Bertz CT molecular complexity index is 722. The number of carbonyl (C=O) groups is 1. The first-order valence-electron chi connectivity index (χ1n) is 5.65. The van der Waals surface area contributed by atoms with E-state index >= 15 is 0 Å². The molecule has 0 fully saturated rings. The number of ketones is 1. The van der Waals surface area contributed by atoms with E-state index in [1.807, 2.05) is 0 Å². The highest BCUT2D eigenvalue weighted by Gasteiger charge is 2.20. The molecular weight excluding hydrogens is 411 g/mol. The van der Waals surface area contributed by atoms with E-state index in [0.717, 1.165) is 3.57 Å². The van der Waals surface area contributed by atoms with Crippen molar-refractivity contribution in [3.8, 4) is 0 Å². The first-order chi connectivity index (χ1) is 9.38. The SMILES string of the molecule is O=C(CS(=O)(=O)c1ccc(Cl)cc1)c1ccc(I)cc1. The number of rotatable bonds is 4. The summed E-state index contributed by atoms with van der Waals surface area (Å²) in [6.45, 7) is 0. The van der Waals surface area contributed by atoms with Crippen molar-refractivity contribution in [2.24, 2.45) is 0 Å². The second kappa shape index (κ2) is 6.24. The molecule has 0 radical (unpaired) electrons. The summed E-state index contributed by atoms with van der Waals surface area (Å²) in [5, 5.41) is 0.452. The van der Waals surface area contributed by atoms with Gasteiger partial charge in [-0.05, 0) is 59.0 Å². The minimum Gasteiger partial charge on any atom is -0.293 e. The largest absolute Gasteiger partial charge is 0.293 e. The third-order valence-electron chi connectivity index (χ3n) is 2.66. The third-order valence-corrected chi connectivity index (χ3v) is 5.26. The molecule has 2 aromatic rings. The van der Waals surface area contributed by atoms with Crippen LogP contribution in [0.1, 0.15) is 10.4 Å². The summed E-state index contributed by atoms with van der Waals surface area (Å²) in [6.07, 6.45) is 0. The minimum atomic E-state index is -3.64. The van der Waals surface area contributed by atoms with Crippen LogP contribution in [0.25, 0.3) is 0 Å². The smallest absolute Gasteiger partial charge is 0.185 e. The molecule has 104 valence electrons. The van der Waals surface area contributed by atoms with Crippen LogP contribution in [0.15, 0.2) is 53.4 Å². The van der Waals surface area contributed by atoms with E-state index < -0.39 is 21.4 Å². The van der Waals surface area contributed by atoms with Gasteiger partial charge < -0.3 is 0 Å². The van der Waals surface area contributed by atoms with Crippen molar-refractivity contribution in [1.82, 2.24) is 0 Å². The lowest BCUT2D eigenvalue weighted by Gasteiger charge is -2.04. The molecule has 0 aliphatic rings. The molecule has 0 aliphatic heterocycles. The van der Waals surface area contributed by atoms with Crippen LogP contribution < -0.4 is 0 Å². The molecule has 0 bridgehead atoms. The highest BCUT2D eigenvalue weighted by Crippen LogP contribution is 2.17. The number of hydrogen-bond acceptors (Lipinski definition) is 3. The van der Waals surface area contributed by atoms with Crippen molar-refractivity contribution in [2.75, 3.05) is 5.75 Å². The van der Waals surface area contributed by atoms with Crippen molar-refractivity contribution in [3.63, 3.8) is 0 Å². The van der Waals surface area contributed by atoms with Crippen LogP contribution in [0.4, 0.5) is 0 Å². The van der Waals surface area contributed by atoms with E-state index in [1.54, 1.807) is 24.3 Å². The molecule has 0 aromatic heterocycles. The fourth-order valence-electron chi connectivity index (χ4n) is 1.62. The van der Waals surface area contributed by atoms with Gasteiger partial charge in [0, 0.05) is 14.2 Å². The van der Waals surface area contributed by atoms with Gasteiger partial charge in [0.05, 0.1) is 4.90 Å². The molecule has 0 heterocycles. The Morgan fingerprint density at radius 2 is 1.55 bits per heavy atom. The molecule has 2 aromatic carbocycles. The summed E-state index contributed by atoms with van der Waals surface area (Å²) < 4.78 is 25.2. The molecule has 0 amide bonds. The standard InChI is InChI=1S/C14H10ClIO3S/c15-11-3-7-13(8-4-11)20(18,19)9-14(17)10-1-5-12(16)6-2-10/h1-8H,9H2. The van der Waals surface area contributed by atoms with Crippen molar-refractivity contribution in [1.29, 1.82) is 0 Å². The lowest BCUT2D eigenvalue weighted by molar-refractivity contribution is 0.102. The van der Waals surface area contributed by atoms with Gasteiger partial charge >= 0.3 is 0 Å². The van der Waals surface area contributed by atoms with Gasteiger partial charge in [0.15, 0.2) is 15.6 Å². The predicted molar refractivity (Wildman–Crippen MR) is 87.0 cm³/mol. The first kappa shape index (κ1) is 15.5. The second-order valence-corrected chi connectivity index (χ2v) is 7.81. The average Bonchev–Trinajstić information content (AvgIpc) is 2.39. The Hall–Kier alpha value is -0.920. The van der Waals surface area contributed by atoms with Crippen LogP contribution in [-0.2, 0) is 9.84 Å². The van der Waals surface area contributed by atoms with Crippen LogP contribution in [0.2, 0.25) is 5.02 Å². The summed E-state index contributed by atoms with van der Waals surface area (Å²) in [5.41, 5.74) is 0.392. The van der Waals surface area contributed by atoms with Gasteiger partial charge in [-0.25, -0.2) is 8.42 Å². The zero-order chi connectivity index (χ0) is 14.8. The van der Waals surface area contributed by atoms with Crippen LogP contribution in [0.5, 0.6) is 0 Å². The number of Topliss-reactive ketones (excluding diaryl/α,β-unsaturated/α-hetero) is 1. The van der Waals surface area contributed by atoms with Gasteiger partial charge in [0.2, 0.25) is 0 Å². The van der Waals surface area contributed by atoms with Gasteiger partial charge in [-0.15, -0.1) is 0 Å². The van der Waals surface area contributed by atoms with Crippen molar-refractivity contribution in [2.45, 2.75) is 4.90 Å². The molecule has 0 N–H and O–H groups in total. The van der Waals surface area contributed by atoms with E-state index in [9.17, 15) is 13.2 Å². The molecule has 3 nitrogen and oxygen atoms in total. The maximum Gasteiger partial charge on any atom is 0.185 e. The molecule has 0 saturated carbocycles. The van der Waals surface area contributed by atoms with Gasteiger partial charge in [-0.1, -0.05) is 23.7 Å². The molecular formula is C14H10ClIO3S. The average molecular weight is 421 g/mol. The number of halogens is 2. The zero-order valence-electron chi connectivity index (χ0n) is 10.2. The number of benzene rings is 2. The highest BCUT2D eigenvalue weighted by molar-refractivity contribution is 14.1. The van der Waals surface area contributed by atoms with Crippen LogP contribution in [0, 0.1) is 3.57 Å². The Kier molecular flexibility index (Phi) is 4.82. The molecule has 0 unspecified atom stereocenters. The quantitative estimate of drug-likeness (QED) is 0.561. The maximum atomic E-state index is 12.1. The molecule has 2 rings (SSSR count). The van der Waals surface area contributed by atoms with Gasteiger partial charge in [-0.2, -0.15) is 0 Å². The number of carbonyl (C=O) groups excluding carboxylic acids is 1. The fourth-order valence-corrected chi connectivity index (χ4v) is 3.33. The van der Waals surface area contributed by atoms with E-state index in [2.05, 4.69) is 22.6 Å². The Labute approximate surface area is 136 Å². The summed E-state index contributed by atoms with van der Waals surface area (Å²) >= 11 is 7.83. The van der Waals surface area contributed by atoms with E-state index in [-0.39, 0.29) is 4.90 Å². The number of hydrogen-bond donors (Lipinski definition) is 0. The summed E-state index contributed by atoms with van der Waals surface area (Å²) in [5.74, 6) is -0.966. The molecule has 0 atom stereocenters. The monoisotopic (exact) mass is 420 g/mol. The van der Waals surface area contributed by atoms with Gasteiger partial charge in [0.1, 0.15) is 5.75 Å². The zero-order valence-corrected chi connectivity index (χ0v) is 13.9. The van der Waals surface area contributed by atoms with Crippen molar-refractivity contribution >= 4 is 49.8 Å². The van der Waals surface area contributed by atoms with Crippen LogP contribution in [0.3, 0.4) is 0 Å². The lowest BCUT2D eigenvalue weighted by atomic mass is 10.2. The number of sulfone groups is 1. The van der Waals surface area contributed by atoms with Crippen LogP contribution in [-0.4, -0.2) is 20.0 Å². The molecule has 0 saturated heterocycles. The molecule has 20 heavy (non-hydrogen) atoms. The lowest BCUT2D eigenvalue weighted by Crippen LogP contribution is -2.16. The topological polar surface area (TPSA) is 51.2 Å². The van der Waals surface area contributed by atoms with Gasteiger partial charge in [0.25, 0.3) is 0 Å². The predicted octanol–water partition coefficient (Wildman–Crippen LogP) is 3.60. The highest BCUT2D eigenvalue weighted by atomic mass is 127. The normalized spacial score (nSPS) is 11.3. The Morgan fingerprint density at radius 1 is 1.00 bits per heavy atom. The Morgan fingerprint density at radius 3 is 2.10 bits per heavy atom. The summed E-state index contributed by atoms with van der Waals surface area (Å²) in [4.78, 5) is 12.1. The van der Waals surface area contributed by atoms with Crippen LogP contribution >= 0.6 is 34.2 Å². The van der Waals surface area contributed by atoms with Crippen molar-refractivity contribution < 1.29 is 13.2 Å². The molecule has 0 spiro atoms. The summed E-state index contributed by atoms with van der Waals surface area (Å²) in [7, 11) is -3.64. The Balaban J connectivity index is 2.22. The minimum absolute atomic E-state index is 0.0979. The first-order valence-corrected chi connectivity index (χ1v) is 8.76. The van der Waals surface area contributed by atoms with Crippen molar-refractivity contribution in [3.05, 3.63) is 62.7 Å². The fraction of sp³-hybridized carbons (Fsp3) is 0.0714. The van der Waals surface area contributed by atoms with E-state index in [4.69, 9.17) is 11.6 Å². The third kappa shape index (κ3) is 3.80. The molecule has 0 aliphatic carbocycles. The maximum absolute atomic E-state index is 12.1. The van der Waals surface area contributed by atoms with E-state index in [0.29, 0.717) is 10.6 Å². The van der Waals surface area contributed by atoms with E-state index in [1.165, 1.54) is 24.3 Å². The van der Waals surface area contributed by atoms with Gasteiger partial charge in [-0.3, -0.25) is 4.79 Å².